The minimum atomic E-state index is 0.126. The number of para-hydroxylation sites is 1. The van der Waals surface area contributed by atoms with Gasteiger partial charge in [0, 0.05) is 23.4 Å². The standard InChI is InChI=1S/C21H26N2O2/c24-21(15-6-2-1-3-7-15)23-20-14-25-13-17(20)12-16-10-11-22-19-9-5-4-8-18(16)19/h4-5,8-11,15,17,20H,1-3,6-7,12-14H2,(H,23,24)/t17-,20+/m1/s1. The minimum Gasteiger partial charge on any atom is -0.379 e. The van der Waals surface area contributed by atoms with E-state index >= 15 is 0 Å². The summed E-state index contributed by atoms with van der Waals surface area (Å²) in [6.07, 6.45) is 8.52. The van der Waals surface area contributed by atoms with Crippen LogP contribution in [0.2, 0.25) is 0 Å². The Labute approximate surface area is 149 Å². The molecule has 0 unspecified atom stereocenters. The maximum absolute atomic E-state index is 12.6. The molecule has 1 amide bonds. The molecule has 4 heteroatoms. The van der Waals surface area contributed by atoms with Crippen molar-refractivity contribution >= 4 is 16.8 Å². The lowest BCUT2D eigenvalue weighted by molar-refractivity contribution is -0.126. The number of hydrogen-bond acceptors (Lipinski definition) is 3. The first kappa shape index (κ1) is 16.5. The first-order valence-corrected chi connectivity index (χ1v) is 9.52. The number of nitrogens with one attached hydrogen (secondary N) is 1. The molecule has 132 valence electrons. The molecule has 2 fully saturated rings. The molecule has 1 saturated heterocycles. The van der Waals surface area contributed by atoms with Gasteiger partial charge in [0.2, 0.25) is 5.91 Å². The number of fused-ring (bicyclic) bond motifs is 1. The third-order valence-electron chi connectivity index (χ3n) is 5.72. The SMILES string of the molecule is O=C(N[C@H]1COC[C@H]1Cc1ccnc2ccccc12)C1CCCCC1. The van der Waals surface area contributed by atoms with Crippen LogP contribution >= 0.6 is 0 Å². The van der Waals surface area contributed by atoms with Crippen LogP contribution in [-0.4, -0.2) is 30.1 Å². The van der Waals surface area contributed by atoms with E-state index in [0.717, 1.165) is 24.8 Å². The van der Waals surface area contributed by atoms with Crippen molar-refractivity contribution in [2.24, 2.45) is 11.8 Å². The van der Waals surface area contributed by atoms with Crippen molar-refractivity contribution in [2.45, 2.75) is 44.6 Å². The lowest BCUT2D eigenvalue weighted by Crippen LogP contribution is -2.43. The van der Waals surface area contributed by atoms with Crippen molar-refractivity contribution in [3.8, 4) is 0 Å². The van der Waals surface area contributed by atoms with Crippen LogP contribution in [0.4, 0.5) is 0 Å². The van der Waals surface area contributed by atoms with E-state index in [9.17, 15) is 4.79 Å². The van der Waals surface area contributed by atoms with Gasteiger partial charge < -0.3 is 10.1 Å². The van der Waals surface area contributed by atoms with Crippen LogP contribution in [0, 0.1) is 11.8 Å². The molecule has 4 rings (SSSR count). The quantitative estimate of drug-likeness (QED) is 0.928. The Kier molecular flexibility index (Phi) is 4.97. The van der Waals surface area contributed by atoms with E-state index in [2.05, 4.69) is 28.5 Å². The molecule has 2 atom stereocenters. The third-order valence-corrected chi connectivity index (χ3v) is 5.72. The van der Waals surface area contributed by atoms with Crippen LogP contribution in [0.15, 0.2) is 36.5 Å². The lowest BCUT2D eigenvalue weighted by atomic mass is 9.87. The van der Waals surface area contributed by atoms with Gasteiger partial charge in [-0.2, -0.15) is 0 Å². The first-order chi connectivity index (χ1) is 12.3. The fourth-order valence-corrected chi connectivity index (χ4v) is 4.24. The van der Waals surface area contributed by atoms with Crippen LogP contribution in [0.1, 0.15) is 37.7 Å². The summed E-state index contributed by atoms with van der Waals surface area (Å²) in [6, 6.07) is 10.5. The molecule has 2 aliphatic rings. The summed E-state index contributed by atoms with van der Waals surface area (Å²) in [4.78, 5) is 17.0. The summed E-state index contributed by atoms with van der Waals surface area (Å²) in [5, 5.41) is 4.49. The number of hydrogen-bond donors (Lipinski definition) is 1. The zero-order chi connectivity index (χ0) is 17.1. The molecule has 4 nitrogen and oxygen atoms in total. The van der Waals surface area contributed by atoms with Crippen molar-refractivity contribution in [2.75, 3.05) is 13.2 Å². The molecule has 1 saturated carbocycles. The number of nitrogens with zero attached hydrogens (tertiary/aromatic N) is 1. The number of pyridine rings is 1. The van der Waals surface area contributed by atoms with Gasteiger partial charge in [-0.1, -0.05) is 37.5 Å². The first-order valence-electron chi connectivity index (χ1n) is 9.52. The van der Waals surface area contributed by atoms with Crippen molar-refractivity contribution < 1.29 is 9.53 Å². The highest BCUT2D eigenvalue weighted by Gasteiger charge is 2.32. The van der Waals surface area contributed by atoms with Crippen LogP contribution in [0.25, 0.3) is 10.9 Å². The minimum absolute atomic E-state index is 0.126. The average molecular weight is 338 g/mol. The van der Waals surface area contributed by atoms with Crippen molar-refractivity contribution in [3.63, 3.8) is 0 Å². The highest BCUT2D eigenvalue weighted by atomic mass is 16.5. The molecule has 0 radical (unpaired) electrons. The molecule has 25 heavy (non-hydrogen) atoms. The van der Waals surface area contributed by atoms with E-state index in [1.165, 1.54) is 30.2 Å². The monoisotopic (exact) mass is 338 g/mol. The molecular formula is C21H26N2O2. The Morgan fingerprint density at radius 1 is 1.12 bits per heavy atom. The van der Waals surface area contributed by atoms with Gasteiger partial charge in [0.15, 0.2) is 0 Å². The van der Waals surface area contributed by atoms with Crippen molar-refractivity contribution in [3.05, 3.63) is 42.1 Å². The van der Waals surface area contributed by atoms with Gasteiger partial charge >= 0.3 is 0 Å². The van der Waals surface area contributed by atoms with Gasteiger partial charge in [-0.25, -0.2) is 0 Å². The molecule has 0 bridgehead atoms. The second kappa shape index (κ2) is 7.52. The molecule has 2 aromatic rings. The summed E-state index contributed by atoms with van der Waals surface area (Å²) in [6.45, 7) is 1.35. The van der Waals surface area contributed by atoms with Gasteiger partial charge in [-0.15, -0.1) is 0 Å². The fraction of sp³-hybridized carbons (Fsp3) is 0.524. The highest BCUT2D eigenvalue weighted by Crippen LogP contribution is 2.27. The number of rotatable bonds is 4. The zero-order valence-corrected chi connectivity index (χ0v) is 14.6. The number of carbonyl (C=O) groups excluding carboxylic acids is 1. The number of carbonyl (C=O) groups is 1. The molecule has 1 N–H and O–H groups in total. The number of benzene rings is 1. The second-order valence-electron chi connectivity index (χ2n) is 7.44. The topological polar surface area (TPSA) is 51.2 Å². The normalized spacial score (nSPS) is 24.5. The third kappa shape index (κ3) is 3.69. The molecule has 1 aromatic heterocycles. The van der Waals surface area contributed by atoms with Crippen molar-refractivity contribution in [1.29, 1.82) is 0 Å². The summed E-state index contributed by atoms with van der Waals surface area (Å²) in [5.74, 6) is 0.773. The zero-order valence-electron chi connectivity index (χ0n) is 14.6. The highest BCUT2D eigenvalue weighted by molar-refractivity contribution is 5.82. The fourth-order valence-electron chi connectivity index (χ4n) is 4.24. The molecular weight excluding hydrogens is 312 g/mol. The number of amides is 1. The largest absolute Gasteiger partial charge is 0.379 e. The molecule has 1 aliphatic carbocycles. The Morgan fingerprint density at radius 3 is 2.84 bits per heavy atom. The van der Waals surface area contributed by atoms with E-state index in [0.29, 0.717) is 19.1 Å². The maximum atomic E-state index is 12.6. The Hall–Kier alpha value is -1.94. The average Bonchev–Trinajstić information content (AvgIpc) is 3.09. The Balaban J connectivity index is 1.45. The van der Waals surface area contributed by atoms with Crippen LogP contribution in [-0.2, 0) is 16.0 Å². The van der Waals surface area contributed by atoms with Gasteiger partial charge in [0.05, 0.1) is 24.8 Å². The molecule has 0 spiro atoms. The summed E-state index contributed by atoms with van der Waals surface area (Å²) < 4.78 is 5.71. The smallest absolute Gasteiger partial charge is 0.223 e. The van der Waals surface area contributed by atoms with Gasteiger partial charge in [0.25, 0.3) is 0 Å². The Morgan fingerprint density at radius 2 is 1.96 bits per heavy atom. The number of aromatic nitrogens is 1. The Bertz CT molecular complexity index is 734. The second-order valence-corrected chi connectivity index (χ2v) is 7.44. The van der Waals surface area contributed by atoms with Crippen molar-refractivity contribution in [1.82, 2.24) is 10.3 Å². The van der Waals surface area contributed by atoms with E-state index in [-0.39, 0.29) is 17.9 Å². The molecule has 2 heterocycles. The molecule has 1 aliphatic heterocycles. The van der Waals surface area contributed by atoms with Gasteiger partial charge in [0.1, 0.15) is 0 Å². The van der Waals surface area contributed by atoms with Gasteiger partial charge in [-0.05, 0) is 37.0 Å². The van der Waals surface area contributed by atoms with Crippen LogP contribution in [0.3, 0.4) is 0 Å². The maximum Gasteiger partial charge on any atom is 0.223 e. The van der Waals surface area contributed by atoms with Crippen LogP contribution in [0.5, 0.6) is 0 Å². The lowest BCUT2D eigenvalue weighted by Gasteiger charge is -2.25. The molecule has 1 aromatic carbocycles. The van der Waals surface area contributed by atoms with E-state index in [4.69, 9.17) is 4.74 Å². The predicted molar refractivity (Wildman–Crippen MR) is 98.3 cm³/mol. The summed E-state index contributed by atoms with van der Waals surface area (Å²) >= 11 is 0. The van der Waals surface area contributed by atoms with E-state index in [1.807, 2.05) is 18.3 Å². The summed E-state index contributed by atoms with van der Waals surface area (Å²) in [7, 11) is 0. The summed E-state index contributed by atoms with van der Waals surface area (Å²) in [5.41, 5.74) is 2.32. The van der Waals surface area contributed by atoms with E-state index in [1.54, 1.807) is 0 Å². The number of ether oxygens (including phenoxy) is 1. The predicted octanol–water partition coefficient (Wildman–Crippen LogP) is 3.49. The van der Waals surface area contributed by atoms with Crippen LogP contribution < -0.4 is 5.32 Å². The van der Waals surface area contributed by atoms with Gasteiger partial charge in [-0.3, -0.25) is 9.78 Å². The van der Waals surface area contributed by atoms with E-state index < -0.39 is 0 Å².